The maximum absolute atomic E-state index is 11.8. The van der Waals surface area contributed by atoms with Crippen molar-refractivity contribution in [1.82, 2.24) is 5.32 Å². The third kappa shape index (κ3) is 6.45. The highest BCUT2D eigenvalue weighted by molar-refractivity contribution is 9.10. The van der Waals surface area contributed by atoms with Crippen molar-refractivity contribution in [3.05, 3.63) is 34.3 Å². The molecular formula is C14H21BrN2OS. The van der Waals surface area contributed by atoms with Gasteiger partial charge in [0.05, 0.1) is 11.8 Å². The zero-order valence-electron chi connectivity index (χ0n) is 11.4. The molecule has 1 aromatic rings. The van der Waals surface area contributed by atoms with Crippen molar-refractivity contribution in [2.24, 2.45) is 5.73 Å². The smallest absolute Gasteiger partial charge is 0.230 e. The van der Waals surface area contributed by atoms with Gasteiger partial charge in [0.1, 0.15) is 0 Å². The Kier molecular flexibility index (Phi) is 7.49. The van der Waals surface area contributed by atoms with Crippen molar-refractivity contribution < 1.29 is 4.79 Å². The van der Waals surface area contributed by atoms with Crippen LogP contribution in [0.1, 0.15) is 31.9 Å². The second kappa shape index (κ2) is 8.61. The standard InChI is InChI=1S/C14H21BrN2OS/c1-10(7-8-16)19-9-14(18)17-11(2)12-3-5-13(15)6-4-12/h3-6,10-11H,7-9,16H2,1-2H3,(H,17,18). The number of thioether (sulfide) groups is 1. The van der Waals surface area contributed by atoms with Crippen molar-refractivity contribution in [3.8, 4) is 0 Å². The number of hydrogen-bond acceptors (Lipinski definition) is 3. The fraction of sp³-hybridized carbons (Fsp3) is 0.500. The number of amides is 1. The lowest BCUT2D eigenvalue weighted by atomic mass is 10.1. The minimum Gasteiger partial charge on any atom is -0.349 e. The number of carbonyl (C=O) groups is 1. The van der Waals surface area contributed by atoms with E-state index in [1.165, 1.54) is 0 Å². The largest absolute Gasteiger partial charge is 0.349 e. The highest BCUT2D eigenvalue weighted by Crippen LogP contribution is 2.17. The first-order chi connectivity index (χ1) is 9.02. The quantitative estimate of drug-likeness (QED) is 0.798. The Morgan fingerprint density at radius 1 is 1.37 bits per heavy atom. The second-order valence-electron chi connectivity index (χ2n) is 4.54. The molecule has 1 amide bonds. The lowest BCUT2D eigenvalue weighted by Crippen LogP contribution is -2.28. The monoisotopic (exact) mass is 344 g/mol. The third-order valence-electron chi connectivity index (χ3n) is 2.82. The first kappa shape index (κ1) is 16.5. The molecule has 3 nitrogen and oxygen atoms in total. The Hall–Kier alpha value is -0.520. The summed E-state index contributed by atoms with van der Waals surface area (Å²) in [7, 11) is 0. The van der Waals surface area contributed by atoms with Crippen LogP contribution in [-0.2, 0) is 4.79 Å². The van der Waals surface area contributed by atoms with Gasteiger partial charge < -0.3 is 11.1 Å². The van der Waals surface area contributed by atoms with Gasteiger partial charge in [-0.15, -0.1) is 11.8 Å². The summed E-state index contributed by atoms with van der Waals surface area (Å²) < 4.78 is 1.04. The zero-order chi connectivity index (χ0) is 14.3. The van der Waals surface area contributed by atoms with Crippen molar-refractivity contribution in [2.45, 2.75) is 31.6 Å². The maximum Gasteiger partial charge on any atom is 0.230 e. The Bertz CT molecular complexity index is 397. The number of hydrogen-bond donors (Lipinski definition) is 2. The normalized spacial score (nSPS) is 13.9. The van der Waals surface area contributed by atoms with E-state index in [0.29, 0.717) is 17.5 Å². The SMILES string of the molecule is CC(CCN)SCC(=O)NC(C)c1ccc(Br)cc1. The Morgan fingerprint density at radius 2 is 2.00 bits per heavy atom. The number of benzene rings is 1. The van der Waals surface area contributed by atoms with E-state index in [4.69, 9.17) is 5.73 Å². The van der Waals surface area contributed by atoms with Gasteiger partial charge in [-0.25, -0.2) is 0 Å². The molecule has 0 aliphatic heterocycles. The van der Waals surface area contributed by atoms with Crippen LogP contribution >= 0.6 is 27.7 Å². The van der Waals surface area contributed by atoms with Crippen LogP contribution < -0.4 is 11.1 Å². The van der Waals surface area contributed by atoms with E-state index in [0.717, 1.165) is 16.5 Å². The Balaban J connectivity index is 2.37. The van der Waals surface area contributed by atoms with Gasteiger partial charge in [-0.1, -0.05) is 35.0 Å². The summed E-state index contributed by atoms with van der Waals surface area (Å²) in [5.74, 6) is 0.562. The van der Waals surface area contributed by atoms with E-state index < -0.39 is 0 Å². The number of rotatable bonds is 7. The third-order valence-corrected chi connectivity index (χ3v) is 4.58. The molecule has 1 aromatic carbocycles. The van der Waals surface area contributed by atoms with Gasteiger partial charge in [0, 0.05) is 9.72 Å². The first-order valence-electron chi connectivity index (χ1n) is 6.39. The van der Waals surface area contributed by atoms with Crippen LogP contribution in [0, 0.1) is 0 Å². The topological polar surface area (TPSA) is 55.1 Å². The Labute approximate surface area is 127 Å². The summed E-state index contributed by atoms with van der Waals surface area (Å²) >= 11 is 5.05. The van der Waals surface area contributed by atoms with Gasteiger partial charge in [0.15, 0.2) is 0 Å². The molecule has 2 atom stereocenters. The average molecular weight is 345 g/mol. The Morgan fingerprint density at radius 3 is 2.58 bits per heavy atom. The molecule has 106 valence electrons. The highest BCUT2D eigenvalue weighted by atomic mass is 79.9. The van der Waals surface area contributed by atoms with Crippen LogP contribution in [0.2, 0.25) is 0 Å². The molecule has 0 spiro atoms. The predicted octanol–water partition coefficient (Wildman–Crippen LogP) is 3.10. The predicted molar refractivity (Wildman–Crippen MR) is 86.3 cm³/mol. The van der Waals surface area contributed by atoms with Gasteiger partial charge in [-0.2, -0.15) is 0 Å². The number of nitrogens with two attached hydrogens (primary N) is 1. The van der Waals surface area contributed by atoms with Crippen LogP contribution in [0.5, 0.6) is 0 Å². The average Bonchev–Trinajstić information content (AvgIpc) is 2.37. The van der Waals surface area contributed by atoms with Crippen LogP contribution in [0.3, 0.4) is 0 Å². The van der Waals surface area contributed by atoms with Crippen molar-refractivity contribution >= 4 is 33.6 Å². The number of nitrogens with one attached hydrogen (secondary N) is 1. The molecule has 5 heteroatoms. The zero-order valence-corrected chi connectivity index (χ0v) is 13.8. The van der Waals surface area contributed by atoms with E-state index in [-0.39, 0.29) is 11.9 Å². The van der Waals surface area contributed by atoms with Crippen LogP contribution in [-0.4, -0.2) is 23.5 Å². The number of halogens is 1. The van der Waals surface area contributed by atoms with Crippen molar-refractivity contribution in [1.29, 1.82) is 0 Å². The molecule has 1 rings (SSSR count). The van der Waals surface area contributed by atoms with Gasteiger partial charge in [0.25, 0.3) is 0 Å². The molecule has 0 bridgehead atoms. The molecule has 0 radical (unpaired) electrons. The first-order valence-corrected chi connectivity index (χ1v) is 8.23. The molecule has 0 fully saturated rings. The molecule has 2 unspecified atom stereocenters. The van der Waals surface area contributed by atoms with E-state index >= 15 is 0 Å². The minimum atomic E-state index is 0.0333. The van der Waals surface area contributed by atoms with Gasteiger partial charge in [-0.3, -0.25) is 4.79 Å². The summed E-state index contributed by atoms with van der Waals surface area (Å²) in [5.41, 5.74) is 6.59. The van der Waals surface area contributed by atoms with E-state index in [9.17, 15) is 4.79 Å². The van der Waals surface area contributed by atoms with Crippen LogP contribution in [0.4, 0.5) is 0 Å². The summed E-state index contributed by atoms with van der Waals surface area (Å²) in [4.78, 5) is 11.8. The lowest BCUT2D eigenvalue weighted by Gasteiger charge is -2.15. The lowest BCUT2D eigenvalue weighted by molar-refractivity contribution is -0.119. The van der Waals surface area contributed by atoms with Crippen LogP contribution in [0.25, 0.3) is 0 Å². The van der Waals surface area contributed by atoms with Gasteiger partial charge in [0.2, 0.25) is 5.91 Å². The van der Waals surface area contributed by atoms with E-state index in [2.05, 4.69) is 28.2 Å². The molecule has 0 aliphatic carbocycles. The summed E-state index contributed by atoms with van der Waals surface area (Å²) in [5, 5.41) is 3.44. The number of carbonyl (C=O) groups excluding carboxylic acids is 1. The van der Waals surface area contributed by atoms with Gasteiger partial charge >= 0.3 is 0 Å². The molecule has 0 aromatic heterocycles. The van der Waals surface area contributed by atoms with E-state index in [1.807, 2.05) is 31.2 Å². The highest BCUT2D eigenvalue weighted by Gasteiger charge is 2.11. The fourth-order valence-corrected chi connectivity index (χ4v) is 2.74. The molecule has 0 saturated heterocycles. The molecule has 0 aliphatic rings. The molecule has 0 heterocycles. The summed E-state index contributed by atoms with van der Waals surface area (Å²) in [6.45, 7) is 4.77. The summed E-state index contributed by atoms with van der Waals surface area (Å²) in [6, 6.07) is 8.02. The van der Waals surface area contributed by atoms with Crippen LogP contribution in [0.15, 0.2) is 28.7 Å². The molecular weight excluding hydrogens is 324 g/mol. The maximum atomic E-state index is 11.8. The molecule has 3 N–H and O–H groups in total. The summed E-state index contributed by atoms with van der Waals surface area (Å²) in [6.07, 6.45) is 0.945. The molecule has 0 saturated carbocycles. The second-order valence-corrected chi connectivity index (χ2v) is 6.88. The van der Waals surface area contributed by atoms with Crippen molar-refractivity contribution in [3.63, 3.8) is 0 Å². The molecule has 19 heavy (non-hydrogen) atoms. The van der Waals surface area contributed by atoms with Gasteiger partial charge in [-0.05, 0) is 37.6 Å². The van der Waals surface area contributed by atoms with E-state index in [1.54, 1.807) is 11.8 Å². The minimum absolute atomic E-state index is 0.0333. The fourth-order valence-electron chi connectivity index (χ4n) is 1.65. The van der Waals surface area contributed by atoms with Crippen molar-refractivity contribution in [2.75, 3.05) is 12.3 Å².